The molecule has 47 heavy (non-hydrogen) atoms. The molecule has 0 saturated carbocycles. The number of carbonyl (C=O) groups excluding carboxylic acids is 4. The first-order valence-electron chi connectivity index (χ1n) is 14.9. The van der Waals surface area contributed by atoms with Gasteiger partial charge in [-0.25, -0.2) is 4.79 Å². The number of hydrogen-bond donors (Lipinski definition) is 10. The van der Waals surface area contributed by atoms with Crippen molar-refractivity contribution < 1.29 is 34.2 Å². The number of hydrogen-bond acceptors (Lipinski definition) is 8. The van der Waals surface area contributed by atoms with E-state index in [9.17, 15) is 34.2 Å². The van der Waals surface area contributed by atoms with Gasteiger partial charge in [0, 0.05) is 42.9 Å². The van der Waals surface area contributed by atoms with Crippen LogP contribution < -0.4 is 38.9 Å². The Kier molecular flexibility index (Phi) is 13.1. The summed E-state index contributed by atoms with van der Waals surface area (Å²) in [7, 11) is 0. The minimum absolute atomic E-state index is 0.0000599. The van der Waals surface area contributed by atoms with Crippen LogP contribution in [-0.2, 0) is 36.8 Å². The minimum Gasteiger partial charge on any atom is -0.508 e. The Morgan fingerprint density at radius 3 is 2.11 bits per heavy atom. The molecule has 0 aliphatic heterocycles. The Bertz CT molecular complexity index is 1590. The van der Waals surface area contributed by atoms with E-state index in [1.54, 1.807) is 6.20 Å². The minimum atomic E-state index is -1.37. The Hall–Kier alpha value is -5.64. The molecule has 16 nitrogen and oxygen atoms in total. The molecular weight excluding hydrogens is 610 g/mol. The van der Waals surface area contributed by atoms with Crippen molar-refractivity contribution in [3.05, 3.63) is 65.9 Å². The lowest BCUT2D eigenvalue weighted by Gasteiger charge is -2.25. The van der Waals surface area contributed by atoms with E-state index in [0.29, 0.717) is 11.1 Å². The van der Waals surface area contributed by atoms with E-state index in [4.69, 9.17) is 22.9 Å². The third-order valence-electron chi connectivity index (χ3n) is 7.34. The predicted octanol–water partition coefficient (Wildman–Crippen LogP) is -1.16. The standard InChI is InChI=1S/C31H41N9O7/c32-21(11-12-26(33)42)27(43)38-23(6-3-13-36-31(34)35)28(44)39-24(15-18-16-37-22-5-2-1-4-20(18)22)29(45)40-25(30(46)47)14-17-7-9-19(41)10-8-17/h1-2,4-5,7-10,16,21,23-25,37,41H,3,6,11-15,32H2,(H2,33,42)(H,38,43)(H,39,44)(H,40,45)(H,46,47)(H4,34,35,36). The number of H-pyrrole nitrogens is 1. The van der Waals surface area contributed by atoms with Gasteiger partial charge in [-0.1, -0.05) is 30.3 Å². The van der Waals surface area contributed by atoms with Crippen LogP contribution in [0, 0.1) is 0 Å². The molecule has 14 N–H and O–H groups in total. The van der Waals surface area contributed by atoms with Crippen LogP contribution in [0.3, 0.4) is 0 Å². The molecule has 0 bridgehead atoms. The van der Waals surface area contributed by atoms with E-state index >= 15 is 0 Å². The van der Waals surface area contributed by atoms with Crippen LogP contribution in [0.5, 0.6) is 5.75 Å². The van der Waals surface area contributed by atoms with Crippen molar-refractivity contribution in [3.8, 4) is 5.75 Å². The number of aromatic hydroxyl groups is 1. The summed E-state index contributed by atoms with van der Waals surface area (Å²) in [4.78, 5) is 70.6. The van der Waals surface area contributed by atoms with E-state index in [0.717, 1.165) is 10.9 Å². The zero-order valence-corrected chi connectivity index (χ0v) is 25.6. The van der Waals surface area contributed by atoms with Gasteiger partial charge in [-0.15, -0.1) is 0 Å². The van der Waals surface area contributed by atoms with Crippen molar-refractivity contribution in [2.24, 2.45) is 27.9 Å². The highest BCUT2D eigenvalue weighted by Gasteiger charge is 2.31. The summed E-state index contributed by atoms with van der Waals surface area (Å²) in [5.41, 5.74) is 23.9. The van der Waals surface area contributed by atoms with Crippen LogP contribution in [0.15, 0.2) is 59.7 Å². The molecule has 0 spiro atoms. The summed E-state index contributed by atoms with van der Waals surface area (Å²) in [6.07, 6.45) is 1.69. The van der Waals surface area contributed by atoms with Gasteiger partial charge < -0.3 is 54.1 Å². The predicted molar refractivity (Wildman–Crippen MR) is 174 cm³/mol. The summed E-state index contributed by atoms with van der Waals surface area (Å²) >= 11 is 0. The number of aromatic amines is 1. The van der Waals surface area contributed by atoms with E-state index in [-0.39, 0.29) is 56.8 Å². The number of aliphatic carboxylic acids is 1. The average Bonchev–Trinajstić information content (AvgIpc) is 3.43. The number of benzene rings is 2. The molecule has 4 unspecified atom stereocenters. The molecule has 0 saturated heterocycles. The third-order valence-corrected chi connectivity index (χ3v) is 7.34. The zero-order chi connectivity index (χ0) is 34.5. The fraction of sp³-hybridized carbons (Fsp3) is 0.355. The van der Waals surface area contributed by atoms with Crippen molar-refractivity contribution in [2.45, 2.75) is 62.7 Å². The van der Waals surface area contributed by atoms with Crippen LogP contribution in [0.2, 0.25) is 0 Å². The van der Waals surface area contributed by atoms with Crippen molar-refractivity contribution in [1.29, 1.82) is 0 Å². The molecule has 1 heterocycles. The SMILES string of the molecule is NC(=O)CCC(N)C(=O)NC(CCCN=C(N)N)C(=O)NC(Cc1c[nH]c2ccccc12)C(=O)NC(Cc1ccc(O)cc1)C(=O)O. The molecule has 16 heteroatoms. The molecule has 0 fully saturated rings. The number of phenols is 1. The molecule has 3 rings (SSSR count). The smallest absolute Gasteiger partial charge is 0.326 e. The van der Waals surface area contributed by atoms with Gasteiger partial charge in [-0.2, -0.15) is 0 Å². The number of nitrogens with two attached hydrogens (primary N) is 4. The van der Waals surface area contributed by atoms with Crippen LogP contribution in [0.25, 0.3) is 10.9 Å². The highest BCUT2D eigenvalue weighted by atomic mass is 16.4. The lowest BCUT2D eigenvalue weighted by Crippen LogP contribution is -2.57. The number of guanidine groups is 1. The van der Waals surface area contributed by atoms with Gasteiger partial charge in [0.05, 0.1) is 6.04 Å². The number of primary amides is 1. The molecule has 1 aromatic heterocycles. The van der Waals surface area contributed by atoms with Gasteiger partial charge in [0.1, 0.15) is 23.9 Å². The number of rotatable bonds is 18. The number of fused-ring (bicyclic) bond motifs is 1. The second kappa shape index (κ2) is 17.2. The fourth-order valence-electron chi connectivity index (χ4n) is 4.82. The Morgan fingerprint density at radius 1 is 0.809 bits per heavy atom. The molecule has 4 amide bonds. The van der Waals surface area contributed by atoms with Crippen LogP contribution in [0.4, 0.5) is 0 Å². The van der Waals surface area contributed by atoms with Gasteiger partial charge in [-0.05, 0) is 48.6 Å². The van der Waals surface area contributed by atoms with Crippen molar-refractivity contribution >= 4 is 46.5 Å². The first-order valence-corrected chi connectivity index (χ1v) is 14.9. The summed E-state index contributed by atoms with van der Waals surface area (Å²) < 4.78 is 0. The summed E-state index contributed by atoms with van der Waals surface area (Å²) in [5, 5.41) is 28.0. The lowest BCUT2D eigenvalue weighted by atomic mass is 10.0. The van der Waals surface area contributed by atoms with E-state index in [2.05, 4.69) is 25.9 Å². The highest BCUT2D eigenvalue weighted by molar-refractivity contribution is 5.95. The Balaban J connectivity index is 1.86. The molecule has 0 aliphatic carbocycles. The fourth-order valence-corrected chi connectivity index (χ4v) is 4.82. The first-order chi connectivity index (χ1) is 22.3. The Morgan fingerprint density at radius 2 is 1.45 bits per heavy atom. The number of aliphatic imine (C=N–C) groups is 1. The molecular formula is C31H41N9O7. The second-order valence-electron chi connectivity index (χ2n) is 11.0. The second-order valence-corrected chi connectivity index (χ2v) is 11.0. The highest BCUT2D eigenvalue weighted by Crippen LogP contribution is 2.20. The molecule has 3 aromatic rings. The van der Waals surface area contributed by atoms with E-state index < -0.39 is 53.8 Å². The summed E-state index contributed by atoms with van der Waals surface area (Å²) in [6.45, 7) is 0.145. The lowest BCUT2D eigenvalue weighted by molar-refractivity contribution is -0.142. The number of amides is 4. The number of phenolic OH excluding ortho intramolecular Hbond substituents is 1. The molecule has 0 radical (unpaired) electrons. The number of nitrogens with zero attached hydrogens (tertiary/aromatic N) is 1. The van der Waals surface area contributed by atoms with Gasteiger partial charge in [0.15, 0.2) is 5.96 Å². The summed E-state index contributed by atoms with van der Waals surface area (Å²) in [5.74, 6) is -4.34. The first kappa shape index (κ1) is 35.8. The topological polar surface area (TPSA) is 294 Å². The van der Waals surface area contributed by atoms with Gasteiger partial charge in [-0.3, -0.25) is 24.2 Å². The number of carboxylic acid groups (broad SMARTS) is 1. The normalized spacial score (nSPS) is 13.5. The summed E-state index contributed by atoms with van der Waals surface area (Å²) in [6, 6.07) is 8.22. The monoisotopic (exact) mass is 651 g/mol. The number of aromatic nitrogens is 1. The van der Waals surface area contributed by atoms with Gasteiger partial charge >= 0.3 is 5.97 Å². The van der Waals surface area contributed by atoms with Crippen molar-refractivity contribution in [1.82, 2.24) is 20.9 Å². The van der Waals surface area contributed by atoms with E-state index in [1.165, 1.54) is 24.3 Å². The van der Waals surface area contributed by atoms with Crippen molar-refractivity contribution in [3.63, 3.8) is 0 Å². The maximum absolute atomic E-state index is 13.7. The van der Waals surface area contributed by atoms with E-state index in [1.807, 2.05) is 24.3 Å². The van der Waals surface area contributed by atoms with Gasteiger partial charge in [0.2, 0.25) is 23.6 Å². The molecule has 4 atom stereocenters. The maximum atomic E-state index is 13.7. The number of para-hydroxylation sites is 1. The maximum Gasteiger partial charge on any atom is 0.326 e. The molecule has 0 aliphatic rings. The average molecular weight is 652 g/mol. The van der Waals surface area contributed by atoms with Crippen LogP contribution in [-0.4, -0.2) is 81.5 Å². The molecule has 2 aromatic carbocycles. The zero-order valence-electron chi connectivity index (χ0n) is 25.6. The van der Waals surface area contributed by atoms with Gasteiger partial charge in [0.25, 0.3) is 0 Å². The Labute approximate surface area is 270 Å². The van der Waals surface area contributed by atoms with Crippen LogP contribution >= 0.6 is 0 Å². The molecule has 252 valence electrons. The van der Waals surface area contributed by atoms with Crippen LogP contribution in [0.1, 0.15) is 36.8 Å². The number of carboxylic acids is 1. The van der Waals surface area contributed by atoms with Crippen molar-refractivity contribution in [2.75, 3.05) is 6.54 Å². The quantitative estimate of drug-likeness (QED) is 0.0447. The number of nitrogens with one attached hydrogen (secondary N) is 4. The third kappa shape index (κ3) is 11.3. The number of carbonyl (C=O) groups is 5. The largest absolute Gasteiger partial charge is 0.508 e.